The van der Waals surface area contributed by atoms with Crippen LogP contribution in [0.4, 0.5) is 17.1 Å². The van der Waals surface area contributed by atoms with Crippen molar-refractivity contribution in [1.82, 2.24) is 0 Å². The van der Waals surface area contributed by atoms with Gasteiger partial charge >= 0.3 is 0 Å². The quantitative estimate of drug-likeness (QED) is 0.101. The van der Waals surface area contributed by atoms with E-state index in [2.05, 4.69) is 16.0 Å². The standard InChI is InChI=1S/C33H27N3O2S2/c1-22(37)23-17-19-26(20-18-23)34-33(39)35-27-13-8-14-28(21-27)40-31(25-10-3-2-4-11-25)32(38)36-30-16-7-12-24-9-5-6-15-29(24)30/h2-21,31H,1H3,(H,36,38)(H2,34,35,39). The van der Waals surface area contributed by atoms with Crippen molar-refractivity contribution in [2.45, 2.75) is 17.1 Å². The lowest BCUT2D eigenvalue weighted by molar-refractivity contribution is -0.115. The summed E-state index contributed by atoms with van der Waals surface area (Å²) >= 11 is 6.98. The van der Waals surface area contributed by atoms with Gasteiger partial charge in [-0.2, -0.15) is 0 Å². The molecule has 1 amide bonds. The highest BCUT2D eigenvalue weighted by molar-refractivity contribution is 8.00. The Morgan fingerprint density at radius 3 is 2.15 bits per heavy atom. The van der Waals surface area contributed by atoms with E-state index in [1.807, 2.05) is 109 Å². The number of anilines is 3. The smallest absolute Gasteiger partial charge is 0.242 e. The Balaban J connectivity index is 1.32. The van der Waals surface area contributed by atoms with Crippen LogP contribution in [0.25, 0.3) is 10.8 Å². The fraction of sp³-hybridized carbons (Fsp3) is 0.0606. The molecule has 40 heavy (non-hydrogen) atoms. The van der Waals surface area contributed by atoms with Gasteiger partial charge in [0.15, 0.2) is 10.9 Å². The van der Waals surface area contributed by atoms with Crippen molar-refractivity contribution in [3.63, 3.8) is 0 Å². The number of carbonyl (C=O) groups is 2. The molecular formula is C33H27N3O2S2. The van der Waals surface area contributed by atoms with Gasteiger partial charge in [0.2, 0.25) is 5.91 Å². The van der Waals surface area contributed by atoms with Gasteiger partial charge in [0.25, 0.3) is 0 Å². The number of benzene rings is 5. The number of fused-ring (bicyclic) bond motifs is 1. The number of thioether (sulfide) groups is 1. The summed E-state index contributed by atoms with van der Waals surface area (Å²) in [6.07, 6.45) is 0. The summed E-state index contributed by atoms with van der Waals surface area (Å²) in [5.74, 6) is -0.0849. The van der Waals surface area contributed by atoms with E-state index in [-0.39, 0.29) is 11.7 Å². The number of amides is 1. The molecule has 1 atom stereocenters. The molecule has 3 N–H and O–H groups in total. The second kappa shape index (κ2) is 12.6. The van der Waals surface area contributed by atoms with Crippen LogP contribution in [0.3, 0.4) is 0 Å². The van der Waals surface area contributed by atoms with Gasteiger partial charge in [-0.15, -0.1) is 11.8 Å². The van der Waals surface area contributed by atoms with Crippen LogP contribution in [-0.4, -0.2) is 16.8 Å². The molecule has 0 heterocycles. The molecule has 0 aliphatic rings. The van der Waals surface area contributed by atoms with Crippen LogP contribution in [-0.2, 0) is 4.79 Å². The second-order valence-electron chi connectivity index (χ2n) is 9.17. The van der Waals surface area contributed by atoms with Crippen LogP contribution < -0.4 is 16.0 Å². The van der Waals surface area contributed by atoms with Crippen LogP contribution in [0.5, 0.6) is 0 Å². The first kappa shape index (κ1) is 27.1. The van der Waals surface area contributed by atoms with Gasteiger partial charge in [0, 0.05) is 32.9 Å². The molecule has 0 saturated carbocycles. The van der Waals surface area contributed by atoms with Crippen molar-refractivity contribution in [2.24, 2.45) is 0 Å². The minimum atomic E-state index is -0.472. The summed E-state index contributed by atoms with van der Waals surface area (Å²) in [7, 11) is 0. The van der Waals surface area contributed by atoms with E-state index >= 15 is 0 Å². The molecule has 198 valence electrons. The number of hydrogen-bond acceptors (Lipinski definition) is 4. The number of Topliss-reactive ketones (excluding diaryl/α,β-unsaturated/α-hetero) is 1. The second-order valence-corrected chi connectivity index (χ2v) is 10.8. The monoisotopic (exact) mass is 561 g/mol. The third-order valence-electron chi connectivity index (χ3n) is 6.28. The van der Waals surface area contributed by atoms with Crippen LogP contribution in [0.1, 0.15) is 28.1 Å². The molecule has 5 nitrogen and oxygen atoms in total. The third-order valence-corrected chi connectivity index (χ3v) is 7.74. The van der Waals surface area contributed by atoms with Crippen molar-refractivity contribution >= 4 is 68.6 Å². The van der Waals surface area contributed by atoms with Crippen LogP contribution in [0, 0.1) is 0 Å². The first-order valence-electron chi connectivity index (χ1n) is 12.8. The zero-order valence-electron chi connectivity index (χ0n) is 21.8. The summed E-state index contributed by atoms with van der Waals surface area (Å²) in [6, 6.07) is 38.7. The fourth-order valence-electron chi connectivity index (χ4n) is 4.30. The summed E-state index contributed by atoms with van der Waals surface area (Å²) in [5.41, 5.74) is 3.92. The molecule has 0 radical (unpaired) electrons. The predicted octanol–water partition coefficient (Wildman–Crippen LogP) is 8.32. The molecule has 0 bridgehead atoms. The molecule has 7 heteroatoms. The maximum absolute atomic E-state index is 13.7. The van der Waals surface area contributed by atoms with Crippen LogP contribution in [0.2, 0.25) is 0 Å². The zero-order chi connectivity index (χ0) is 27.9. The van der Waals surface area contributed by atoms with Gasteiger partial charge in [-0.3, -0.25) is 9.59 Å². The summed E-state index contributed by atoms with van der Waals surface area (Å²) in [4.78, 5) is 26.1. The molecular weight excluding hydrogens is 535 g/mol. The minimum Gasteiger partial charge on any atom is -0.332 e. The lowest BCUT2D eigenvalue weighted by atomic mass is 10.1. The largest absolute Gasteiger partial charge is 0.332 e. The summed E-state index contributed by atoms with van der Waals surface area (Å²) in [5, 5.41) is 11.5. The highest BCUT2D eigenvalue weighted by Gasteiger charge is 2.23. The molecule has 0 fully saturated rings. The number of nitrogens with one attached hydrogen (secondary N) is 3. The summed E-state index contributed by atoms with van der Waals surface area (Å²) < 4.78 is 0. The van der Waals surface area contributed by atoms with Gasteiger partial charge in [0.1, 0.15) is 5.25 Å². The molecule has 5 rings (SSSR count). The van der Waals surface area contributed by atoms with Crippen molar-refractivity contribution in [1.29, 1.82) is 0 Å². The van der Waals surface area contributed by atoms with Crippen LogP contribution >= 0.6 is 24.0 Å². The Labute approximate surface area is 243 Å². The van der Waals surface area contributed by atoms with Gasteiger partial charge in [-0.05, 0) is 78.6 Å². The molecule has 0 saturated heterocycles. The van der Waals surface area contributed by atoms with Crippen molar-refractivity contribution < 1.29 is 9.59 Å². The van der Waals surface area contributed by atoms with E-state index in [1.54, 1.807) is 12.1 Å². The van der Waals surface area contributed by atoms with E-state index in [0.29, 0.717) is 10.7 Å². The predicted molar refractivity (Wildman–Crippen MR) is 170 cm³/mol. The minimum absolute atomic E-state index is 0.0150. The Hall–Kier alpha value is -4.46. The van der Waals surface area contributed by atoms with E-state index in [4.69, 9.17) is 12.2 Å². The lowest BCUT2D eigenvalue weighted by Crippen LogP contribution is -2.20. The molecule has 0 aromatic heterocycles. The third kappa shape index (κ3) is 6.75. The number of rotatable bonds is 8. The summed E-state index contributed by atoms with van der Waals surface area (Å²) in [6.45, 7) is 1.54. The molecule has 0 aliphatic heterocycles. The maximum atomic E-state index is 13.7. The Kier molecular flexibility index (Phi) is 8.54. The first-order valence-corrected chi connectivity index (χ1v) is 14.0. The van der Waals surface area contributed by atoms with Crippen molar-refractivity contribution in [3.05, 3.63) is 132 Å². The average molecular weight is 562 g/mol. The molecule has 0 spiro atoms. The SMILES string of the molecule is CC(=O)c1ccc(NC(=S)Nc2cccc(SC(C(=O)Nc3cccc4ccccc34)c3ccccc3)c2)cc1. The van der Waals surface area contributed by atoms with Crippen LogP contribution in [0.15, 0.2) is 126 Å². The highest BCUT2D eigenvalue weighted by Crippen LogP contribution is 2.37. The van der Waals surface area contributed by atoms with Gasteiger partial charge in [0.05, 0.1) is 0 Å². The van der Waals surface area contributed by atoms with E-state index in [0.717, 1.165) is 38.3 Å². The Morgan fingerprint density at radius 2 is 1.38 bits per heavy atom. The molecule has 1 unspecified atom stereocenters. The lowest BCUT2D eigenvalue weighted by Gasteiger charge is -2.19. The molecule has 5 aromatic carbocycles. The fourth-order valence-corrected chi connectivity index (χ4v) is 5.62. The van der Waals surface area contributed by atoms with Crippen molar-refractivity contribution in [3.8, 4) is 0 Å². The topological polar surface area (TPSA) is 70.2 Å². The van der Waals surface area contributed by atoms with Gasteiger partial charge in [-0.1, -0.05) is 72.8 Å². The Bertz CT molecular complexity index is 1670. The van der Waals surface area contributed by atoms with Gasteiger partial charge < -0.3 is 16.0 Å². The van der Waals surface area contributed by atoms with E-state index in [1.165, 1.54) is 18.7 Å². The highest BCUT2D eigenvalue weighted by atomic mass is 32.2. The average Bonchev–Trinajstić information content (AvgIpc) is 2.97. The van der Waals surface area contributed by atoms with E-state index < -0.39 is 5.25 Å². The number of hydrogen-bond donors (Lipinski definition) is 3. The Morgan fingerprint density at radius 1 is 0.700 bits per heavy atom. The number of ketones is 1. The van der Waals surface area contributed by atoms with Crippen molar-refractivity contribution in [2.75, 3.05) is 16.0 Å². The molecule has 5 aromatic rings. The molecule has 0 aliphatic carbocycles. The normalized spacial score (nSPS) is 11.4. The zero-order valence-corrected chi connectivity index (χ0v) is 23.4. The number of thiocarbonyl (C=S) groups is 1. The maximum Gasteiger partial charge on any atom is 0.242 e. The van der Waals surface area contributed by atoms with E-state index in [9.17, 15) is 9.59 Å². The van der Waals surface area contributed by atoms with Gasteiger partial charge in [-0.25, -0.2) is 0 Å². The first-order chi connectivity index (χ1) is 19.5. The number of carbonyl (C=O) groups excluding carboxylic acids is 2.